The first kappa shape index (κ1) is 25.2. The normalized spacial score (nSPS) is 21.9. The molecule has 0 aliphatic carbocycles. The number of carboxylic acid groups (broad SMARTS) is 2. The summed E-state index contributed by atoms with van der Waals surface area (Å²) in [6, 6.07) is 7.54. The van der Waals surface area contributed by atoms with Crippen LogP contribution in [0, 0.1) is 11.3 Å². The average Bonchev–Trinajstić information content (AvgIpc) is 3.37. The number of aliphatic hydroxyl groups excluding tert-OH is 2. The van der Waals surface area contributed by atoms with Gasteiger partial charge in [0.2, 0.25) is 5.28 Å². The number of carbonyl (C=O) groups is 2. The Morgan fingerprint density at radius 1 is 1.19 bits per heavy atom. The standard InChI is InChI=1S/C21H19ClN6O8/c22-20-26-15(24)12-16(27-20)28(8-25-12)17-14(30)13(29)11(36-17)7-35-21(18(31)32,19(33)34)5-9-1-3-10(6-23)4-2-9/h1-4,8,11,13-14,17,29-30H,5,7H2,(H,31,32)(H,33,34)(H2,24,26,27)/t11-,13-,14-,17-/m1/s1. The van der Waals surface area contributed by atoms with Crippen molar-refractivity contribution in [3.05, 3.63) is 47.0 Å². The molecule has 14 nitrogen and oxygen atoms in total. The van der Waals surface area contributed by atoms with Crippen LogP contribution in [0.4, 0.5) is 5.82 Å². The van der Waals surface area contributed by atoms with Gasteiger partial charge in [-0.25, -0.2) is 14.6 Å². The van der Waals surface area contributed by atoms with Crippen LogP contribution in [0.3, 0.4) is 0 Å². The Labute approximate surface area is 207 Å². The van der Waals surface area contributed by atoms with Crippen molar-refractivity contribution >= 4 is 40.5 Å². The molecule has 1 aromatic carbocycles. The lowest BCUT2D eigenvalue weighted by atomic mass is 9.93. The number of benzene rings is 1. The predicted molar refractivity (Wildman–Crippen MR) is 119 cm³/mol. The zero-order valence-electron chi connectivity index (χ0n) is 18.2. The van der Waals surface area contributed by atoms with E-state index in [1.807, 2.05) is 6.07 Å². The highest BCUT2D eigenvalue weighted by Crippen LogP contribution is 2.33. The smallest absolute Gasteiger partial charge is 0.348 e. The monoisotopic (exact) mass is 518 g/mol. The largest absolute Gasteiger partial charge is 0.479 e. The molecule has 15 heteroatoms. The van der Waals surface area contributed by atoms with E-state index >= 15 is 0 Å². The Hall–Kier alpha value is -3.87. The number of carboxylic acids is 2. The van der Waals surface area contributed by atoms with Crippen LogP contribution in [0.1, 0.15) is 17.4 Å². The minimum absolute atomic E-state index is 0.0211. The maximum Gasteiger partial charge on any atom is 0.348 e. The molecule has 3 aromatic rings. The van der Waals surface area contributed by atoms with E-state index in [0.29, 0.717) is 5.56 Å². The second-order valence-corrected chi connectivity index (χ2v) is 8.32. The number of nitrogens with two attached hydrogens (primary N) is 1. The van der Waals surface area contributed by atoms with Crippen molar-refractivity contribution < 1.29 is 39.5 Å². The molecule has 3 heterocycles. The van der Waals surface area contributed by atoms with Gasteiger partial charge in [0.25, 0.3) is 5.60 Å². The molecule has 4 atom stereocenters. The van der Waals surface area contributed by atoms with Crippen LogP contribution in [0.25, 0.3) is 11.2 Å². The predicted octanol–water partition coefficient (Wildman–Crippen LogP) is -0.280. The van der Waals surface area contributed by atoms with Crippen molar-refractivity contribution in [1.82, 2.24) is 19.5 Å². The van der Waals surface area contributed by atoms with Crippen molar-refractivity contribution in [3.63, 3.8) is 0 Å². The third-order valence-electron chi connectivity index (χ3n) is 5.75. The molecule has 36 heavy (non-hydrogen) atoms. The lowest BCUT2D eigenvalue weighted by molar-refractivity contribution is -0.190. The quantitative estimate of drug-likeness (QED) is 0.191. The van der Waals surface area contributed by atoms with Crippen molar-refractivity contribution in [2.75, 3.05) is 12.3 Å². The number of hydrogen-bond donors (Lipinski definition) is 5. The number of hydrogen-bond acceptors (Lipinski definition) is 11. The third-order valence-corrected chi connectivity index (χ3v) is 5.92. The highest BCUT2D eigenvalue weighted by atomic mass is 35.5. The zero-order valence-corrected chi connectivity index (χ0v) is 19.0. The number of nitrogen functional groups attached to an aromatic ring is 1. The number of halogens is 1. The fourth-order valence-corrected chi connectivity index (χ4v) is 3.99. The molecule has 1 fully saturated rings. The highest BCUT2D eigenvalue weighted by Gasteiger charge is 2.51. The first-order valence-corrected chi connectivity index (χ1v) is 10.7. The maximum absolute atomic E-state index is 12.0. The second-order valence-electron chi connectivity index (χ2n) is 7.98. The first-order chi connectivity index (χ1) is 17.1. The topological polar surface area (TPSA) is 227 Å². The van der Waals surface area contributed by atoms with Crippen LogP contribution in [-0.2, 0) is 25.5 Å². The molecule has 0 amide bonds. The summed E-state index contributed by atoms with van der Waals surface area (Å²) >= 11 is 5.85. The van der Waals surface area contributed by atoms with E-state index in [2.05, 4.69) is 15.0 Å². The summed E-state index contributed by atoms with van der Waals surface area (Å²) in [5.41, 5.74) is 3.90. The molecule has 0 radical (unpaired) electrons. The molecular weight excluding hydrogens is 500 g/mol. The summed E-state index contributed by atoms with van der Waals surface area (Å²) < 4.78 is 12.3. The molecular formula is C21H19ClN6O8. The van der Waals surface area contributed by atoms with E-state index in [0.717, 1.165) is 0 Å². The molecule has 6 N–H and O–H groups in total. The van der Waals surface area contributed by atoms with Crippen molar-refractivity contribution in [2.45, 2.75) is 36.6 Å². The van der Waals surface area contributed by atoms with Gasteiger partial charge >= 0.3 is 11.9 Å². The molecule has 0 saturated carbocycles. The molecule has 1 aliphatic heterocycles. The van der Waals surface area contributed by atoms with Gasteiger partial charge in [-0.2, -0.15) is 15.2 Å². The van der Waals surface area contributed by atoms with Crippen LogP contribution < -0.4 is 5.73 Å². The Morgan fingerprint density at radius 2 is 1.86 bits per heavy atom. The van der Waals surface area contributed by atoms with E-state index in [-0.39, 0.29) is 27.8 Å². The van der Waals surface area contributed by atoms with Crippen LogP contribution >= 0.6 is 11.6 Å². The summed E-state index contributed by atoms with van der Waals surface area (Å²) in [4.78, 5) is 35.9. The summed E-state index contributed by atoms with van der Waals surface area (Å²) in [6.07, 6.45) is -5.06. The number of aliphatic hydroxyl groups is 2. The molecule has 188 valence electrons. The lowest BCUT2D eigenvalue weighted by Crippen LogP contribution is -2.52. The number of rotatable bonds is 8. The fraction of sp³-hybridized carbons (Fsp3) is 0.333. The minimum atomic E-state index is -2.74. The number of nitrogens with zero attached hydrogens (tertiary/aromatic N) is 5. The van der Waals surface area contributed by atoms with Crippen LogP contribution in [-0.4, -0.2) is 82.4 Å². The minimum Gasteiger partial charge on any atom is -0.479 e. The van der Waals surface area contributed by atoms with Crippen LogP contribution in [0.5, 0.6) is 0 Å². The molecule has 0 bridgehead atoms. The van der Waals surface area contributed by atoms with Crippen LogP contribution in [0.2, 0.25) is 5.28 Å². The van der Waals surface area contributed by atoms with Gasteiger partial charge in [-0.1, -0.05) is 12.1 Å². The number of anilines is 1. The summed E-state index contributed by atoms with van der Waals surface area (Å²) in [6.45, 7) is -0.700. The number of aromatic nitrogens is 4. The Balaban J connectivity index is 1.56. The second kappa shape index (κ2) is 9.64. The maximum atomic E-state index is 12.0. The molecule has 4 rings (SSSR count). The third kappa shape index (κ3) is 4.41. The Bertz CT molecular complexity index is 1340. The van der Waals surface area contributed by atoms with E-state index in [1.165, 1.54) is 35.2 Å². The Kier molecular flexibility index (Phi) is 6.76. The number of imidazole rings is 1. The molecule has 1 saturated heterocycles. The van der Waals surface area contributed by atoms with Gasteiger partial charge in [-0.3, -0.25) is 4.57 Å². The summed E-state index contributed by atoms with van der Waals surface area (Å²) in [7, 11) is 0. The van der Waals surface area contributed by atoms with Crippen LogP contribution in [0.15, 0.2) is 30.6 Å². The summed E-state index contributed by atoms with van der Waals surface area (Å²) in [5, 5.41) is 49.4. The average molecular weight is 519 g/mol. The highest BCUT2D eigenvalue weighted by molar-refractivity contribution is 6.28. The molecule has 1 aliphatic rings. The van der Waals surface area contributed by atoms with Gasteiger partial charge in [-0.05, 0) is 29.3 Å². The first-order valence-electron chi connectivity index (χ1n) is 10.3. The van der Waals surface area contributed by atoms with E-state index in [1.54, 1.807) is 0 Å². The van der Waals surface area contributed by atoms with Gasteiger partial charge in [0.05, 0.1) is 24.6 Å². The van der Waals surface area contributed by atoms with Gasteiger partial charge < -0.3 is 35.6 Å². The van der Waals surface area contributed by atoms with Gasteiger partial charge in [0.1, 0.15) is 23.8 Å². The number of ether oxygens (including phenoxy) is 2. The molecule has 2 aromatic heterocycles. The van der Waals surface area contributed by atoms with Crippen molar-refractivity contribution in [1.29, 1.82) is 5.26 Å². The molecule has 0 spiro atoms. The SMILES string of the molecule is N#Cc1ccc(CC(OC[C@H]2O[C@@H](n3cnc4c(N)nc(Cl)nc43)[C@H](O)[C@@H]2O)(C(=O)O)C(=O)O)cc1. The van der Waals surface area contributed by atoms with Gasteiger partial charge in [-0.15, -0.1) is 0 Å². The summed E-state index contributed by atoms with van der Waals surface area (Å²) in [5.74, 6) is -3.59. The van der Waals surface area contributed by atoms with E-state index in [9.17, 15) is 30.0 Å². The van der Waals surface area contributed by atoms with E-state index in [4.69, 9.17) is 32.1 Å². The van der Waals surface area contributed by atoms with Gasteiger partial charge in [0, 0.05) is 6.42 Å². The number of aliphatic carboxylic acids is 2. The fourth-order valence-electron chi connectivity index (χ4n) is 3.82. The Morgan fingerprint density at radius 3 is 2.47 bits per heavy atom. The zero-order chi connectivity index (χ0) is 26.2. The molecule has 0 unspecified atom stereocenters. The lowest BCUT2D eigenvalue weighted by Gasteiger charge is -2.27. The number of fused-ring (bicyclic) bond motifs is 1. The van der Waals surface area contributed by atoms with Gasteiger partial charge in [0.15, 0.2) is 17.7 Å². The van der Waals surface area contributed by atoms with Crippen molar-refractivity contribution in [3.8, 4) is 6.07 Å². The van der Waals surface area contributed by atoms with Crippen molar-refractivity contribution in [2.24, 2.45) is 0 Å². The number of nitriles is 1. The van der Waals surface area contributed by atoms with E-state index < -0.39 is 55.1 Å².